The first kappa shape index (κ1) is 16.0. The Hall–Kier alpha value is -1.39. The SMILES string of the molecule is COC[C@@H]1C[C@@H](COC)N1C(=O)[C@@H](C)Cc1ccccc1. The molecule has 1 saturated heterocycles. The first-order valence-corrected chi connectivity index (χ1v) is 7.51. The van der Waals surface area contributed by atoms with Gasteiger partial charge in [-0.25, -0.2) is 0 Å². The third kappa shape index (κ3) is 3.83. The van der Waals surface area contributed by atoms with Crippen LogP contribution in [0, 0.1) is 5.92 Å². The zero-order valence-electron chi connectivity index (χ0n) is 13.1. The number of carbonyl (C=O) groups excluding carboxylic acids is 1. The highest BCUT2D eigenvalue weighted by Gasteiger charge is 2.42. The number of benzene rings is 1. The van der Waals surface area contributed by atoms with E-state index in [1.807, 2.05) is 30.0 Å². The van der Waals surface area contributed by atoms with Crippen LogP contribution < -0.4 is 0 Å². The molecular formula is C17H25NO3. The Morgan fingerprint density at radius 2 is 1.76 bits per heavy atom. The Morgan fingerprint density at radius 1 is 1.19 bits per heavy atom. The van der Waals surface area contributed by atoms with E-state index in [4.69, 9.17) is 9.47 Å². The topological polar surface area (TPSA) is 38.8 Å². The van der Waals surface area contributed by atoms with E-state index in [1.54, 1.807) is 14.2 Å². The fourth-order valence-corrected chi connectivity index (χ4v) is 3.05. The van der Waals surface area contributed by atoms with Crippen LogP contribution in [0.2, 0.25) is 0 Å². The number of hydrogen-bond acceptors (Lipinski definition) is 3. The molecule has 21 heavy (non-hydrogen) atoms. The first-order valence-electron chi connectivity index (χ1n) is 7.51. The lowest BCUT2D eigenvalue weighted by Gasteiger charge is -2.49. The maximum Gasteiger partial charge on any atom is 0.226 e. The summed E-state index contributed by atoms with van der Waals surface area (Å²) in [5.74, 6) is 0.181. The predicted octanol–water partition coefficient (Wildman–Crippen LogP) is 2.13. The molecule has 1 heterocycles. The molecule has 116 valence electrons. The van der Waals surface area contributed by atoms with Gasteiger partial charge in [-0.3, -0.25) is 4.79 Å². The Kier molecular flexibility index (Phi) is 5.76. The summed E-state index contributed by atoms with van der Waals surface area (Å²) in [4.78, 5) is 14.7. The van der Waals surface area contributed by atoms with Crippen LogP contribution in [0.5, 0.6) is 0 Å². The van der Waals surface area contributed by atoms with E-state index < -0.39 is 0 Å². The van der Waals surface area contributed by atoms with Gasteiger partial charge in [-0.05, 0) is 18.4 Å². The van der Waals surface area contributed by atoms with Crippen molar-refractivity contribution < 1.29 is 14.3 Å². The Balaban J connectivity index is 1.98. The molecule has 3 atom stereocenters. The van der Waals surface area contributed by atoms with Crippen molar-refractivity contribution in [3.8, 4) is 0 Å². The number of rotatable bonds is 7. The monoisotopic (exact) mass is 291 g/mol. The second-order valence-electron chi connectivity index (χ2n) is 5.79. The average Bonchev–Trinajstić information content (AvgIpc) is 2.47. The van der Waals surface area contributed by atoms with E-state index in [-0.39, 0.29) is 23.9 Å². The van der Waals surface area contributed by atoms with Gasteiger partial charge in [0.15, 0.2) is 0 Å². The summed E-state index contributed by atoms with van der Waals surface area (Å²) in [5.41, 5.74) is 1.20. The molecule has 1 aromatic carbocycles. The third-order valence-electron chi connectivity index (χ3n) is 4.11. The van der Waals surface area contributed by atoms with Crippen LogP contribution in [-0.4, -0.2) is 50.3 Å². The molecule has 0 N–H and O–H groups in total. The molecular weight excluding hydrogens is 266 g/mol. The molecule has 4 heteroatoms. The van der Waals surface area contributed by atoms with Crippen molar-refractivity contribution in [2.24, 2.45) is 5.92 Å². The summed E-state index contributed by atoms with van der Waals surface area (Å²) in [6.07, 6.45) is 1.74. The molecule has 2 rings (SSSR count). The maximum absolute atomic E-state index is 12.7. The Bertz CT molecular complexity index is 437. The predicted molar refractivity (Wildman–Crippen MR) is 82.1 cm³/mol. The largest absolute Gasteiger partial charge is 0.383 e. The molecule has 4 nitrogen and oxygen atoms in total. The number of ether oxygens (including phenoxy) is 2. The Morgan fingerprint density at radius 3 is 2.29 bits per heavy atom. The second kappa shape index (κ2) is 7.57. The van der Waals surface area contributed by atoms with Gasteiger partial charge in [0.2, 0.25) is 5.91 Å². The quantitative estimate of drug-likeness (QED) is 0.772. The normalized spacial score (nSPS) is 22.7. The summed E-state index contributed by atoms with van der Waals surface area (Å²) in [7, 11) is 3.36. The van der Waals surface area contributed by atoms with Crippen LogP contribution in [0.3, 0.4) is 0 Å². The molecule has 0 aromatic heterocycles. The smallest absolute Gasteiger partial charge is 0.226 e. The zero-order chi connectivity index (χ0) is 15.2. The van der Waals surface area contributed by atoms with E-state index >= 15 is 0 Å². The minimum atomic E-state index is -0.0218. The van der Waals surface area contributed by atoms with Crippen molar-refractivity contribution in [1.29, 1.82) is 0 Å². The molecule has 0 aliphatic carbocycles. The Labute approximate surface area is 127 Å². The molecule has 0 spiro atoms. The molecule has 0 saturated carbocycles. The summed E-state index contributed by atoms with van der Waals surface area (Å²) in [6.45, 7) is 3.20. The molecule has 1 aliphatic rings. The van der Waals surface area contributed by atoms with Crippen molar-refractivity contribution in [2.45, 2.75) is 31.8 Å². The van der Waals surface area contributed by atoms with Gasteiger partial charge in [-0.15, -0.1) is 0 Å². The lowest BCUT2D eigenvalue weighted by Crippen LogP contribution is -2.63. The minimum Gasteiger partial charge on any atom is -0.383 e. The van der Waals surface area contributed by atoms with Crippen LogP contribution in [-0.2, 0) is 20.7 Å². The van der Waals surface area contributed by atoms with Crippen molar-refractivity contribution in [2.75, 3.05) is 27.4 Å². The standard InChI is InChI=1S/C17H25NO3/c1-13(9-14-7-5-4-6-8-14)17(19)18-15(11-20-2)10-16(18)12-21-3/h4-8,13,15-16H,9-12H2,1-3H3/t13-,15-,16-/m0/s1. The minimum absolute atomic E-state index is 0.0218. The van der Waals surface area contributed by atoms with E-state index in [0.29, 0.717) is 13.2 Å². The molecule has 0 unspecified atom stereocenters. The summed E-state index contributed by atoms with van der Waals surface area (Å²) in [5, 5.41) is 0. The highest BCUT2D eigenvalue weighted by molar-refractivity contribution is 5.80. The lowest BCUT2D eigenvalue weighted by atomic mass is 9.90. The van der Waals surface area contributed by atoms with Gasteiger partial charge in [0.25, 0.3) is 0 Å². The van der Waals surface area contributed by atoms with Gasteiger partial charge >= 0.3 is 0 Å². The van der Waals surface area contributed by atoms with Crippen LogP contribution in [0.4, 0.5) is 0 Å². The number of hydrogen-bond donors (Lipinski definition) is 0. The molecule has 1 amide bonds. The van der Waals surface area contributed by atoms with Crippen LogP contribution in [0.15, 0.2) is 30.3 Å². The van der Waals surface area contributed by atoms with Crippen LogP contribution >= 0.6 is 0 Å². The van der Waals surface area contributed by atoms with Crippen molar-refractivity contribution >= 4 is 5.91 Å². The van der Waals surface area contributed by atoms with Crippen molar-refractivity contribution in [3.05, 3.63) is 35.9 Å². The van der Waals surface area contributed by atoms with Gasteiger partial charge < -0.3 is 14.4 Å². The molecule has 0 radical (unpaired) electrons. The van der Waals surface area contributed by atoms with Gasteiger partial charge in [0.05, 0.1) is 25.3 Å². The summed E-state index contributed by atoms with van der Waals surface area (Å²) >= 11 is 0. The highest BCUT2D eigenvalue weighted by atomic mass is 16.5. The summed E-state index contributed by atoms with van der Waals surface area (Å²) in [6, 6.07) is 10.5. The average molecular weight is 291 g/mol. The molecule has 0 bridgehead atoms. The lowest BCUT2D eigenvalue weighted by molar-refractivity contribution is -0.155. The van der Waals surface area contributed by atoms with E-state index in [0.717, 1.165) is 12.8 Å². The number of carbonyl (C=O) groups is 1. The maximum atomic E-state index is 12.7. The van der Waals surface area contributed by atoms with E-state index in [9.17, 15) is 4.79 Å². The molecule has 1 aliphatic heterocycles. The summed E-state index contributed by atoms with van der Waals surface area (Å²) < 4.78 is 10.4. The number of amides is 1. The fourth-order valence-electron chi connectivity index (χ4n) is 3.05. The highest BCUT2D eigenvalue weighted by Crippen LogP contribution is 2.29. The van der Waals surface area contributed by atoms with Crippen LogP contribution in [0.25, 0.3) is 0 Å². The van der Waals surface area contributed by atoms with Crippen molar-refractivity contribution in [1.82, 2.24) is 4.90 Å². The fraction of sp³-hybridized carbons (Fsp3) is 0.588. The van der Waals surface area contributed by atoms with Crippen LogP contribution in [0.1, 0.15) is 18.9 Å². The molecule has 1 fully saturated rings. The van der Waals surface area contributed by atoms with Gasteiger partial charge in [-0.2, -0.15) is 0 Å². The van der Waals surface area contributed by atoms with Gasteiger partial charge in [0.1, 0.15) is 0 Å². The molecule has 1 aromatic rings. The van der Waals surface area contributed by atoms with Gasteiger partial charge in [-0.1, -0.05) is 37.3 Å². The first-order chi connectivity index (χ1) is 10.2. The third-order valence-corrected chi connectivity index (χ3v) is 4.11. The van der Waals surface area contributed by atoms with E-state index in [2.05, 4.69) is 12.1 Å². The number of nitrogens with zero attached hydrogens (tertiary/aromatic N) is 1. The van der Waals surface area contributed by atoms with E-state index in [1.165, 1.54) is 5.56 Å². The number of methoxy groups -OCH3 is 2. The zero-order valence-corrected chi connectivity index (χ0v) is 13.1. The second-order valence-corrected chi connectivity index (χ2v) is 5.79. The number of likely N-dealkylation sites (tertiary alicyclic amines) is 1. The van der Waals surface area contributed by atoms with Crippen molar-refractivity contribution in [3.63, 3.8) is 0 Å². The van der Waals surface area contributed by atoms with Gasteiger partial charge in [0, 0.05) is 20.1 Å².